The van der Waals surface area contributed by atoms with Crippen LogP contribution in [0.1, 0.15) is 18.2 Å². The Balaban J connectivity index is 1.92. The second kappa shape index (κ2) is 6.16. The van der Waals surface area contributed by atoms with E-state index >= 15 is 0 Å². The Morgan fingerprint density at radius 3 is 2.78 bits per heavy atom. The summed E-state index contributed by atoms with van der Waals surface area (Å²) in [5.41, 5.74) is 4.91. The van der Waals surface area contributed by atoms with E-state index in [1.807, 2.05) is 43.5 Å². The number of aromatic nitrogens is 1. The zero-order chi connectivity index (χ0) is 12.8. The number of nitrogens with one attached hydrogen (secondary N) is 1. The van der Waals surface area contributed by atoms with Gasteiger partial charge in [0.2, 0.25) is 5.13 Å². The van der Waals surface area contributed by atoms with Crippen LogP contribution in [0.25, 0.3) is 0 Å². The highest BCUT2D eigenvalue weighted by Crippen LogP contribution is 2.14. The van der Waals surface area contributed by atoms with Gasteiger partial charge in [-0.3, -0.25) is 5.43 Å². The van der Waals surface area contributed by atoms with E-state index in [1.54, 1.807) is 6.21 Å². The smallest absolute Gasteiger partial charge is 0.203 e. The highest BCUT2D eigenvalue weighted by molar-refractivity contribution is 7.13. The number of benzene rings is 1. The first-order valence-corrected chi connectivity index (χ1v) is 6.60. The van der Waals surface area contributed by atoms with E-state index in [0.29, 0.717) is 6.61 Å². The molecule has 0 saturated carbocycles. The summed E-state index contributed by atoms with van der Waals surface area (Å²) in [6.07, 6.45) is 1.76. The van der Waals surface area contributed by atoms with Crippen molar-refractivity contribution >= 4 is 22.7 Å². The lowest BCUT2D eigenvalue weighted by atomic mass is 10.2. The fourth-order valence-electron chi connectivity index (χ4n) is 1.38. The van der Waals surface area contributed by atoms with Crippen molar-refractivity contribution in [3.63, 3.8) is 0 Å². The lowest BCUT2D eigenvalue weighted by Gasteiger charge is -2.01. The molecule has 0 spiro atoms. The highest BCUT2D eigenvalue weighted by Gasteiger charge is 1.95. The molecule has 1 N–H and O–H groups in total. The van der Waals surface area contributed by atoms with Crippen LogP contribution >= 0.6 is 11.3 Å². The zero-order valence-corrected chi connectivity index (χ0v) is 11.2. The van der Waals surface area contributed by atoms with Crippen molar-refractivity contribution < 1.29 is 4.74 Å². The van der Waals surface area contributed by atoms with Gasteiger partial charge in [-0.15, -0.1) is 11.3 Å². The minimum atomic E-state index is 0.679. The molecular weight excluding hydrogens is 246 g/mol. The van der Waals surface area contributed by atoms with Crippen LogP contribution in [0.2, 0.25) is 0 Å². The number of thiazole rings is 1. The fraction of sp³-hybridized carbons (Fsp3) is 0.231. The Labute approximate surface area is 110 Å². The van der Waals surface area contributed by atoms with Gasteiger partial charge in [0.05, 0.1) is 18.5 Å². The highest BCUT2D eigenvalue weighted by atomic mass is 32.1. The van der Waals surface area contributed by atoms with Crippen LogP contribution in [0.15, 0.2) is 34.7 Å². The quantitative estimate of drug-likeness (QED) is 0.663. The molecular formula is C13H15N3OS. The minimum absolute atomic E-state index is 0.679. The molecule has 1 aromatic carbocycles. The van der Waals surface area contributed by atoms with Crippen molar-refractivity contribution in [2.75, 3.05) is 12.0 Å². The summed E-state index contributed by atoms with van der Waals surface area (Å²) in [5.74, 6) is 0.873. The Morgan fingerprint density at radius 2 is 2.17 bits per heavy atom. The molecule has 0 unspecified atom stereocenters. The van der Waals surface area contributed by atoms with Gasteiger partial charge in [-0.2, -0.15) is 5.10 Å². The summed E-state index contributed by atoms with van der Waals surface area (Å²) in [6, 6.07) is 7.78. The number of aryl methyl sites for hydroxylation is 1. The van der Waals surface area contributed by atoms with Gasteiger partial charge < -0.3 is 4.74 Å². The summed E-state index contributed by atoms with van der Waals surface area (Å²) < 4.78 is 5.37. The van der Waals surface area contributed by atoms with Gasteiger partial charge >= 0.3 is 0 Å². The van der Waals surface area contributed by atoms with E-state index in [9.17, 15) is 0 Å². The third-order valence-corrected chi connectivity index (χ3v) is 3.05. The fourth-order valence-corrected chi connectivity index (χ4v) is 2.02. The van der Waals surface area contributed by atoms with Crippen LogP contribution in [-0.2, 0) is 0 Å². The summed E-state index contributed by atoms with van der Waals surface area (Å²) in [5, 5.41) is 6.91. The van der Waals surface area contributed by atoms with E-state index in [0.717, 1.165) is 22.1 Å². The molecule has 0 atom stereocenters. The number of rotatable bonds is 5. The van der Waals surface area contributed by atoms with Crippen molar-refractivity contribution in [2.45, 2.75) is 13.8 Å². The average Bonchev–Trinajstić information content (AvgIpc) is 2.78. The third kappa shape index (κ3) is 3.56. The number of nitrogens with zero attached hydrogens (tertiary/aromatic N) is 2. The van der Waals surface area contributed by atoms with Crippen LogP contribution in [0.3, 0.4) is 0 Å². The summed E-state index contributed by atoms with van der Waals surface area (Å²) in [6.45, 7) is 4.60. The molecule has 0 radical (unpaired) electrons. The standard InChI is InChI=1S/C13H15N3OS/c1-3-17-12-6-4-11(5-7-12)8-14-16-13-15-10(2)9-18-13/h4-9H,3H2,1-2H3,(H,15,16). The Hall–Kier alpha value is -1.88. The molecule has 1 aromatic heterocycles. The molecule has 0 aliphatic rings. The van der Waals surface area contributed by atoms with Gasteiger partial charge in [0.25, 0.3) is 0 Å². The van der Waals surface area contributed by atoms with Crippen LogP contribution in [0.4, 0.5) is 5.13 Å². The molecule has 0 amide bonds. The number of hydrogen-bond acceptors (Lipinski definition) is 5. The maximum Gasteiger partial charge on any atom is 0.203 e. The van der Waals surface area contributed by atoms with Crippen molar-refractivity contribution in [2.24, 2.45) is 5.10 Å². The van der Waals surface area contributed by atoms with E-state index in [1.165, 1.54) is 11.3 Å². The molecule has 0 aliphatic carbocycles. The van der Waals surface area contributed by atoms with Crippen molar-refractivity contribution in [3.05, 3.63) is 40.9 Å². The van der Waals surface area contributed by atoms with E-state index in [2.05, 4.69) is 15.5 Å². The predicted molar refractivity (Wildman–Crippen MR) is 75.7 cm³/mol. The van der Waals surface area contributed by atoms with E-state index in [-0.39, 0.29) is 0 Å². The Bertz CT molecular complexity index is 519. The monoisotopic (exact) mass is 261 g/mol. The van der Waals surface area contributed by atoms with Gasteiger partial charge in [0.15, 0.2) is 0 Å². The van der Waals surface area contributed by atoms with E-state index < -0.39 is 0 Å². The van der Waals surface area contributed by atoms with Crippen molar-refractivity contribution in [1.29, 1.82) is 0 Å². The molecule has 18 heavy (non-hydrogen) atoms. The van der Waals surface area contributed by atoms with Crippen LogP contribution < -0.4 is 10.2 Å². The molecule has 2 rings (SSSR count). The third-order valence-electron chi connectivity index (χ3n) is 2.18. The molecule has 0 aliphatic heterocycles. The SMILES string of the molecule is CCOc1ccc(C=NNc2nc(C)cs2)cc1. The summed E-state index contributed by atoms with van der Waals surface area (Å²) >= 11 is 1.54. The minimum Gasteiger partial charge on any atom is -0.494 e. The normalized spacial score (nSPS) is 10.8. The molecule has 1 heterocycles. The Kier molecular flexibility index (Phi) is 4.30. The van der Waals surface area contributed by atoms with Gasteiger partial charge in [-0.25, -0.2) is 4.98 Å². The number of hydrogen-bond donors (Lipinski definition) is 1. The first kappa shape index (κ1) is 12.6. The molecule has 0 saturated heterocycles. The zero-order valence-electron chi connectivity index (χ0n) is 10.4. The second-order valence-electron chi connectivity index (χ2n) is 3.67. The maximum atomic E-state index is 5.37. The average molecular weight is 261 g/mol. The molecule has 94 valence electrons. The van der Waals surface area contributed by atoms with Gasteiger partial charge in [-0.05, 0) is 43.7 Å². The van der Waals surface area contributed by atoms with Crippen molar-refractivity contribution in [1.82, 2.24) is 4.98 Å². The van der Waals surface area contributed by atoms with Gasteiger partial charge in [0, 0.05) is 5.38 Å². The Morgan fingerprint density at radius 1 is 1.39 bits per heavy atom. The summed E-state index contributed by atoms with van der Waals surface area (Å²) in [4.78, 5) is 4.25. The lowest BCUT2D eigenvalue weighted by molar-refractivity contribution is 0.340. The first-order chi connectivity index (χ1) is 8.78. The van der Waals surface area contributed by atoms with Gasteiger partial charge in [-0.1, -0.05) is 0 Å². The lowest BCUT2D eigenvalue weighted by Crippen LogP contribution is -1.92. The predicted octanol–water partition coefficient (Wildman–Crippen LogP) is 3.30. The number of ether oxygens (including phenoxy) is 1. The molecule has 4 nitrogen and oxygen atoms in total. The van der Waals surface area contributed by atoms with E-state index in [4.69, 9.17) is 4.74 Å². The summed E-state index contributed by atoms with van der Waals surface area (Å²) in [7, 11) is 0. The van der Waals surface area contributed by atoms with Crippen LogP contribution in [-0.4, -0.2) is 17.8 Å². The van der Waals surface area contributed by atoms with Crippen molar-refractivity contribution in [3.8, 4) is 5.75 Å². The second-order valence-corrected chi connectivity index (χ2v) is 4.52. The van der Waals surface area contributed by atoms with Crippen LogP contribution in [0.5, 0.6) is 5.75 Å². The number of hydrazone groups is 1. The number of anilines is 1. The first-order valence-electron chi connectivity index (χ1n) is 5.72. The largest absolute Gasteiger partial charge is 0.494 e. The topological polar surface area (TPSA) is 46.5 Å². The van der Waals surface area contributed by atoms with Crippen LogP contribution in [0, 0.1) is 6.92 Å². The molecule has 2 aromatic rings. The van der Waals surface area contributed by atoms with Gasteiger partial charge in [0.1, 0.15) is 5.75 Å². The molecule has 0 fully saturated rings. The molecule has 0 bridgehead atoms. The molecule has 5 heteroatoms. The maximum absolute atomic E-state index is 5.37.